The maximum absolute atomic E-state index is 12.5. The van der Waals surface area contributed by atoms with Gasteiger partial charge in [0, 0.05) is 5.02 Å². The second-order valence-corrected chi connectivity index (χ2v) is 6.82. The van der Waals surface area contributed by atoms with E-state index in [1.807, 2.05) is 0 Å². The third-order valence-corrected chi connectivity index (χ3v) is 4.65. The fraction of sp³-hybridized carbons (Fsp3) is 0.200. The van der Waals surface area contributed by atoms with Crippen molar-refractivity contribution in [1.29, 1.82) is 0 Å². The molecular weight excluding hydrogens is 326 g/mol. The van der Waals surface area contributed by atoms with Crippen LogP contribution in [0.3, 0.4) is 0 Å². The number of hydrogen-bond acceptors (Lipinski definition) is 4. The SMILES string of the molecule is COc1ccc(Cl)cc1NS(=O)(=O)c1cccc([C@H](C)O)c1. The Morgan fingerprint density at radius 3 is 2.59 bits per heavy atom. The zero-order chi connectivity index (χ0) is 16.3. The van der Waals surface area contributed by atoms with Crippen molar-refractivity contribution in [2.75, 3.05) is 11.8 Å². The molecule has 0 aliphatic heterocycles. The van der Waals surface area contributed by atoms with Crippen LogP contribution in [0, 0.1) is 0 Å². The molecule has 2 N–H and O–H groups in total. The molecule has 1 atom stereocenters. The van der Waals surface area contributed by atoms with Gasteiger partial charge in [0.25, 0.3) is 10.0 Å². The number of aliphatic hydroxyl groups excluding tert-OH is 1. The Balaban J connectivity index is 2.40. The highest BCUT2D eigenvalue weighted by Gasteiger charge is 2.18. The zero-order valence-corrected chi connectivity index (χ0v) is 13.6. The van der Waals surface area contributed by atoms with Crippen LogP contribution >= 0.6 is 11.6 Å². The second kappa shape index (κ2) is 6.56. The van der Waals surface area contributed by atoms with Crippen molar-refractivity contribution in [2.24, 2.45) is 0 Å². The molecule has 0 radical (unpaired) electrons. The van der Waals surface area contributed by atoms with E-state index >= 15 is 0 Å². The number of rotatable bonds is 5. The van der Waals surface area contributed by atoms with E-state index in [9.17, 15) is 13.5 Å². The Labute approximate surface area is 134 Å². The number of aliphatic hydroxyl groups is 1. The van der Waals surface area contributed by atoms with E-state index in [4.69, 9.17) is 16.3 Å². The number of halogens is 1. The predicted octanol–water partition coefficient (Wildman–Crippen LogP) is 3.20. The molecule has 5 nitrogen and oxygen atoms in total. The van der Waals surface area contributed by atoms with Gasteiger partial charge in [-0.1, -0.05) is 23.7 Å². The first kappa shape index (κ1) is 16.6. The zero-order valence-electron chi connectivity index (χ0n) is 12.1. The molecule has 0 amide bonds. The van der Waals surface area contributed by atoms with Gasteiger partial charge in [-0.3, -0.25) is 4.72 Å². The van der Waals surface area contributed by atoms with Crippen molar-refractivity contribution in [3.05, 3.63) is 53.1 Å². The Bertz CT molecular complexity index is 775. The largest absolute Gasteiger partial charge is 0.495 e. The van der Waals surface area contributed by atoms with Gasteiger partial charge in [-0.25, -0.2) is 8.42 Å². The first-order valence-corrected chi connectivity index (χ1v) is 8.34. The summed E-state index contributed by atoms with van der Waals surface area (Å²) in [6, 6.07) is 10.7. The van der Waals surface area contributed by atoms with E-state index in [1.54, 1.807) is 31.2 Å². The van der Waals surface area contributed by atoms with Gasteiger partial charge in [-0.2, -0.15) is 0 Å². The Hall–Kier alpha value is -1.76. The van der Waals surface area contributed by atoms with Crippen LogP contribution in [0.2, 0.25) is 5.02 Å². The fourth-order valence-electron chi connectivity index (χ4n) is 1.91. The van der Waals surface area contributed by atoms with E-state index in [0.29, 0.717) is 16.3 Å². The minimum absolute atomic E-state index is 0.0490. The van der Waals surface area contributed by atoms with E-state index in [2.05, 4.69) is 4.72 Å². The van der Waals surface area contributed by atoms with Crippen LogP contribution in [0.1, 0.15) is 18.6 Å². The maximum Gasteiger partial charge on any atom is 0.262 e. The maximum atomic E-state index is 12.5. The third kappa shape index (κ3) is 3.71. The quantitative estimate of drug-likeness (QED) is 0.875. The molecule has 2 aromatic rings. The normalized spacial score (nSPS) is 12.7. The third-order valence-electron chi connectivity index (χ3n) is 3.06. The van der Waals surface area contributed by atoms with Gasteiger partial charge in [0.15, 0.2) is 0 Å². The highest BCUT2D eigenvalue weighted by molar-refractivity contribution is 7.92. The second-order valence-electron chi connectivity index (χ2n) is 4.70. The summed E-state index contributed by atoms with van der Waals surface area (Å²) in [5, 5.41) is 9.95. The lowest BCUT2D eigenvalue weighted by atomic mass is 10.1. The molecular formula is C15H16ClNO4S. The Morgan fingerprint density at radius 2 is 1.95 bits per heavy atom. The smallest absolute Gasteiger partial charge is 0.262 e. The average molecular weight is 342 g/mol. The summed E-state index contributed by atoms with van der Waals surface area (Å²) in [4.78, 5) is 0.0490. The Kier molecular flexibility index (Phi) is 4.95. The van der Waals surface area contributed by atoms with Crippen LogP contribution in [0.25, 0.3) is 0 Å². The van der Waals surface area contributed by atoms with Crippen LogP contribution in [0.4, 0.5) is 5.69 Å². The fourth-order valence-corrected chi connectivity index (χ4v) is 3.19. The Morgan fingerprint density at radius 1 is 1.23 bits per heavy atom. The van der Waals surface area contributed by atoms with Crippen molar-refractivity contribution in [1.82, 2.24) is 0 Å². The lowest BCUT2D eigenvalue weighted by Crippen LogP contribution is -2.14. The number of sulfonamides is 1. The topological polar surface area (TPSA) is 75.6 Å². The molecule has 0 bridgehead atoms. The van der Waals surface area contributed by atoms with Gasteiger partial charge >= 0.3 is 0 Å². The summed E-state index contributed by atoms with van der Waals surface area (Å²) < 4.78 is 32.5. The molecule has 0 heterocycles. The molecule has 22 heavy (non-hydrogen) atoms. The van der Waals surface area contributed by atoms with Crippen molar-refractivity contribution >= 4 is 27.3 Å². The van der Waals surface area contributed by atoms with Gasteiger partial charge in [-0.05, 0) is 42.8 Å². The molecule has 118 valence electrons. The van der Waals surface area contributed by atoms with Crippen molar-refractivity contribution in [3.63, 3.8) is 0 Å². The predicted molar refractivity (Wildman–Crippen MR) is 85.9 cm³/mol. The van der Waals surface area contributed by atoms with Gasteiger partial charge in [-0.15, -0.1) is 0 Å². The highest BCUT2D eigenvalue weighted by Crippen LogP contribution is 2.30. The van der Waals surface area contributed by atoms with Gasteiger partial charge in [0.2, 0.25) is 0 Å². The highest BCUT2D eigenvalue weighted by atomic mass is 35.5. The van der Waals surface area contributed by atoms with Crippen LogP contribution in [0.15, 0.2) is 47.4 Å². The van der Waals surface area contributed by atoms with Gasteiger partial charge in [0.1, 0.15) is 5.75 Å². The van der Waals surface area contributed by atoms with Crippen LogP contribution in [0.5, 0.6) is 5.75 Å². The molecule has 0 unspecified atom stereocenters. The van der Waals surface area contributed by atoms with E-state index in [-0.39, 0.29) is 10.6 Å². The summed E-state index contributed by atoms with van der Waals surface area (Å²) >= 11 is 5.89. The summed E-state index contributed by atoms with van der Waals surface area (Å²) in [6.45, 7) is 1.57. The molecule has 7 heteroatoms. The van der Waals surface area contributed by atoms with E-state index in [1.165, 1.54) is 25.3 Å². The van der Waals surface area contributed by atoms with Crippen molar-refractivity contribution < 1.29 is 18.3 Å². The number of nitrogens with one attached hydrogen (secondary N) is 1. The van der Waals surface area contributed by atoms with E-state index in [0.717, 1.165) is 0 Å². The minimum Gasteiger partial charge on any atom is -0.495 e. The average Bonchev–Trinajstić information content (AvgIpc) is 2.47. The van der Waals surface area contributed by atoms with Crippen LogP contribution in [-0.2, 0) is 10.0 Å². The molecule has 0 aromatic heterocycles. The molecule has 0 aliphatic rings. The standard InChI is InChI=1S/C15H16ClNO4S/c1-10(18)11-4-3-5-13(8-11)22(19,20)17-14-9-12(16)6-7-15(14)21-2/h3-10,17-18H,1-2H3/t10-/m0/s1. The number of hydrogen-bond donors (Lipinski definition) is 2. The molecule has 0 aliphatic carbocycles. The van der Waals surface area contributed by atoms with E-state index < -0.39 is 16.1 Å². The monoisotopic (exact) mass is 341 g/mol. The lowest BCUT2D eigenvalue weighted by Gasteiger charge is -2.13. The van der Waals surface area contributed by atoms with Crippen molar-refractivity contribution in [3.8, 4) is 5.75 Å². The first-order chi connectivity index (χ1) is 10.3. The van der Waals surface area contributed by atoms with Crippen molar-refractivity contribution in [2.45, 2.75) is 17.9 Å². The van der Waals surface area contributed by atoms with Gasteiger partial charge in [0.05, 0.1) is 23.8 Å². The number of ether oxygens (including phenoxy) is 1. The number of anilines is 1. The number of methoxy groups -OCH3 is 1. The minimum atomic E-state index is -3.82. The number of benzene rings is 2. The molecule has 0 saturated heterocycles. The molecule has 2 aromatic carbocycles. The molecule has 0 saturated carbocycles. The van der Waals surface area contributed by atoms with Crippen LogP contribution in [-0.4, -0.2) is 20.6 Å². The summed E-state index contributed by atoms with van der Waals surface area (Å²) in [6.07, 6.45) is -0.754. The molecule has 0 spiro atoms. The molecule has 0 fully saturated rings. The summed E-state index contributed by atoms with van der Waals surface area (Å²) in [7, 11) is -2.38. The first-order valence-electron chi connectivity index (χ1n) is 6.48. The summed E-state index contributed by atoms with van der Waals surface area (Å²) in [5.41, 5.74) is 0.762. The summed E-state index contributed by atoms with van der Waals surface area (Å²) in [5.74, 6) is 0.361. The van der Waals surface area contributed by atoms with Crippen LogP contribution < -0.4 is 9.46 Å². The van der Waals surface area contributed by atoms with Gasteiger partial charge < -0.3 is 9.84 Å². The molecule has 2 rings (SSSR count). The lowest BCUT2D eigenvalue weighted by molar-refractivity contribution is 0.199.